The van der Waals surface area contributed by atoms with Gasteiger partial charge in [0.2, 0.25) is 0 Å². The van der Waals surface area contributed by atoms with E-state index in [4.69, 9.17) is 0 Å². The maximum atomic E-state index is 12.6. The monoisotopic (exact) mass is 307 g/mol. The van der Waals surface area contributed by atoms with Gasteiger partial charge < -0.3 is 0 Å². The third-order valence-electron chi connectivity index (χ3n) is 3.34. The average Bonchev–Trinajstić information content (AvgIpc) is 2.45. The second-order valence-corrected chi connectivity index (χ2v) is 6.14. The molecule has 0 aliphatic rings. The van der Waals surface area contributed by atoms with Crippen molar-refractivity contribution in [1.82, 2.24) is 4.98 Å². The van der Waals surface area contributed by atoms with Gasteiger partial charge in [-0.25, -0.2) is 0 Å². The van der Waals surface area contributed by atoms with Crippen molar-refractivity contribution in [2.24, 2.45) is 0 Å². The van der Waals surface area contributed by atoms with Gasteiger partial charge in [-0.05, 0) is 41.3 Å². The molecule has 0 fully saturated rings. The molecule has 0 unspecified atom stereocenters. The Morgan fingerprint density at radius 1 is 1.00 bits per heavy atom. The fraction of sp³-hybridized carbons (Fsp3) is 0.294. The fourth-order valence-electron chi connectivity index (χ4n) is 2.03. The molecule has 2 nitrogen and oxygen atoms in total. The number of halogens is 3. The first-order valence-corrected chi connectivity index (χ1v) is 6.75. The van der Waals surface area contributed by atoms with Crippen LogP contribution in [0.5, 0.6) is 0 Å². The molecule has 0 radical (unpaired) electrons. The predicted octanol–water partition coefficient (Wildman–Crippen LogP) is 4.88. The summed E-state index contributed by atoms with van der Waals surface area (Å²) in [6, 6.07) is 7.56. The Hall–Kier alpha value is -2.17. The van der Waals surface area contributed by atoms with E-state index in [-0.39, 0.29) is 5.41 Å². The number of hydrogen-bond donors (Lipinski definition) is 0. The van der Waals surface area contributed by atoms with Crippen molar-refractivity contribution in [3.05, 3.63) is 53.2 Å². The van der Waals surface area contributed by atoms with Crippen LogP contribution in [0.15, 0.2) is 36.5 Å². The summed E-state index contributed by atoms with van der Waals surface area (Å²) in [6.45, 7) is 6.00. The van der Waals surface area contributed by atoms with Gasteiger partial charge in [-0.3, -0.25) is 9.78 Å². The number of alkyl halides is 3. The number of aromatic nitrogens is 1. The average molecular weight is 307 g/mol. The zero-order chi connectivity index (χ0) is 16.5. The molecule has 22 heavy (non-hydrogen) atoms. The van der Waals surface area contributed by atoms with Crippen molar-refractivity contribution in [2.45, 2.75) is 32.4 Å². The molecule has 116 valence electrons. The molecule has 5 heteroatoms. The summed E-state index contributed by atoms with van der Waals surface area (Å²) in [6.07, 6.45) is -2.88. The SMILES string of the molecule is CC(C)(C)c1cc(C=O)cc(-c2ccc(C(F)(F)F)cn2)c1. The summed E-state index contributed by atoms with van der Waals surface area (Å²) in [5.41, 5.74) is 1.46. The summed E-state index contributed by atoms with van der Waals surface area (Å²) in [5.74, 6) is 0. The molecule has 2 aromatic rings. The lowest BCUT2D eigenvalue weighted by atomic mass is 9.84. The molecule has 0 spiro atoms. The largest absolute Gasteiger partial charge is 0.417 e. The van der Waals surface area contributed by atoms with Gasteiger partial charge in [0.05, 0.1) is 11.3 Å². The van der Waals surface area contributed by atoms with Gasteiger partial charge in [-0.1, -0.05) is 20.8 Å². The highest BCUT2D eigenvalue weighted by atomic mass is 19.4. The maximum Gasteiger partial charge on any atom is 0.417 e. The van der Waals surface area contributed by atoms with E-state index < -0.39 is 11.7 Å². The lowest BCUT2D eigenvalue weighted by Gasteiger charge is -2.20. The Morgan fingerprint density at radius 3 is 2.14 bits per heavy atom. The standard InChI is InChI=1S/C17H16F3NO/c1-16(2,3)14-7-11(10-22)6-12(8-14)15-5-4-13(9-21-15)17(18,19)20/h4-10H,1-3H3. The molecule has 1 aromatic heterocycles. The van der Waals surface area contributed by atoms with Crippen molar-refractivity contribution >= 4 is 6.29 Å². The summed E-state index contributed by atoms with van der Waals surface area (Å²) < 4.78 is 37.7. The number of rotatable bonds is 2. The molecule has 2 rings (SSSR count). The molecule has 1 aromatic carbocycles. The molecule has 0 atom stereocenters. The third kappa shape index (κ3) is 3.53. The molecule has 0 aliphatic carbocycles. The second-order valence-electron chi connectivity index (χ2n) is 6.14. The quantitative estimate of drug-likeness (QED) is 0.740. The van der Waals surface area contributed by atoms with E-state index in [1.807, 2.05) is 26.8 Å². The Kier molecular flexibility index (Phi) is 4.09. The molecule has 1 heterocycles. The third-order valence-corrected chi connectivity index (χ3v) is 3.34. The highest BCUT2D eigenvalue weighted by molar-refractivity contribution is 5.79. The second kappa shape index (κ2) is 5.55. The van der Waals surface area contributed by atoms with Crippen LogP contribution in [0.3, 0.4) is 0 Å². The number of benzene rings is 1. The van der Waals surface area contributed by atoms with Gasteiger partial charge in [0.15, 0.2) is 0 Å². The number of pyridine rings is 1. The van der Waals surface area contributed by atoms with Crippen LogP contribution in [-0.2, 0) is 11.6 Å². The number of aldehydes is 1. The topological polar surface area (TPSA) is 30.0 Å². The first kappa shape index (κ1) is 16.2. The Morgan fingerprint density at radius 2 is 1.68 bits per heavy atom. The minimum absolute atomic E-state index is 0.181. The summed E-state index contributed by atoms with van der Waals surface area (Å²) in [7, 11) is 0. The van der Waals surface area contributed by atoms with E-state index in [1.54, 1.807) is 12.1 Å². The fourth-order valence-corrected chi connectivity index (χ4v) is 2.03. The summed E-state index contributed by atoms with van der Waals surface area (Å²) in [4.78, 5) is 15.0. The van der Waals surface area contributed by atoms with Crippen LogP contribution in [0, 0.1) is 0 Å². The summed E-state index contributed by atoms with van der Waals surface area (Å²) in [5, 5.41) is 0. The first-order chi connectivity index (χ1) is 10.1. The van der Waals surface area contributed by atoms with Crippen LogP contribution in [0.25, 0.3) is 11.3 Å². The number of carbonyl (C=O) groups is 1. The zero-order valence-corrected chi connectivity index (χ0v) is 12.5. The van der Waals surface area contributed by atoms with E-state index in [1.165, 1.54) is 6.07 Å². The van der Waals surface area contributed by atoms with Crippen LogP contribution in [0.4, 0.5) is 13.2 Å². The van der Waals surface area contributed by atoms with Gasteiger partial charge in [0, 0.05) is 17.3 Å². The van der Waals surface area contributed by atoms with E-state index in [0.717, 1.165) is 24.1 Å². The van der Waals surface area contributed by atoms with Crippen LogP contribution >= 0.6 is 0 Å². The zero-order valence-electron chi connectivity index (χ0n) is 12.5. The van der Waals surface area contributed by atoms with Crippen molar-refractivity contribution < 1.29 is 18.0 Å². The number of nitrogens with zero attached hydrogens (tertiary/aromatic N) is 1. The highest BCUT2D eigenvalue weighted by Crippen LogP contribution is 2.31. The van der Waals surface area contributed by atoms with Gasteiger partial charge in [0.1, 0.15) is 6.29 Å². The van der Waals surface area contributed by atoms with Crippen LogP contribution in [0.1, 0.15) is 42.3 Å². The lowest BCUT2D eigenvalue weighted by Crippen LogP contribution is -2.12. The van der Waals surface area contributed by atoms with Gasteiger partial charge in [-0.15, -0.1) is 0 Å². The molecule has 0 amide bonds. The number of hydrogen-bond acceptors (Lipinski definition) is 2. The summed E-state index contributed by atoms with van der Waals surface area (Å²) >= 11 is 0. The smallest absolute Gasteiger partial charge is 0.298 e. The van der Waals surface area contributed by atoms with Crippen molar-refractivity contribution in [3.63, 3.8) is 0 Å². The Bertz CT molecular complexity index is 683. The van der Waals surface area contributed by atoms with Crippen molar-refractivity contribution in [3.8, 4) is 11.3 Å². The number of carbonyl (C=O) groups excluding carboxylic acids is 1. The van der Waals surface area contributed by atoms with Crippen LogP contribution < -0.4 is 0 Å². The molecular weight excluding hydrogens is 291 g/mol. The minimum Gasteiger partial charge on any atom is -0.298 e. The van der Waals surface area contributed by atoms with Crippen LogP contribution in [-0.4, -0.2) is 11.3 Å². The Labute approximate surface area is 127 Å². The normalized spacial score (nSPS) is 12.3. The van der Waals surface area contributed by atoms with E-state index in [0.29, 0.717) is 16.8 Å². The molecule has 0 bridgehead atoms. The van der Waals surface area contributed by atoms with E-state index in [2.05, 4.69) is 4.98 Å². The highest BCUT2D eigenvalue weighted by Gasteiger charge is 2.30. The molecular formula is C17H16F3NO. The first-order valence-electron chi connectivity index (χ1n) is 6.75. The van der Waals surface area contributed by atoms with E-state index >= 15 is 0 Å². The lowest BCUT2D eigenvalue weighted by molar-refractivity contribution is -0.137. The van der Waals surface area contributed by atoms with Crippen LogP contribution in [0.2, 0.25) is 0 Å². The maximum absolute atomic E-state index is 12.6. The molecule has 0 saturated carbocycles. The van der Waals surface area contributed by atoms with Crippen molar-refractivity contribution in [1.29, 1.82) is 0 Å². The minimum atomic E-state index is -4.41. The van der Waals surface area contributed by atoms with Gasteiger partial charge >= 0.3 is 6.18 Å². The Balaban J connectivity index is 2.50. The molecule has 0 N–H and O–H groups in total. The van der Waals surface area contributed by atoms with E-state index in [9.17, 15) is 18.0 Å². The molecule has 0 aliphatic heterocycles. The van der Waals surface area contributed by atoms with Gasteiger partial charge in [0.25, 0.3) is 0 Å². The van der Waals surface area contributed by atoms with Gasteiger partial charge in [-0.2, -0.15) is 13.2 Å². The predicted molar refractivity (Wildman–Crippen MR) is 78.8 cm³/mol. The van der Waals surface area contributed by atoms with Crippen molar-refractivity contribution in [2.75, 3.05) is 0 Å². The molecule has 0 saturated heterocycles.